The van der Waals surface area contributed by atoms with Gasteiger partial charge in [0.1, 0.15) is 29.7 Å². The summed E-state index contributed by atoms with van der Waals surface area (Å²) in [6.45, 7) is 8.43. The number of ketones is 1. The lowest BCUT2D eigenvalue weighted by atomic mass is 9.81. The van der Waals surface area contributed by atoms with Crippen LogP contribution in [-0.2, 0) is 16.8 Å². The van der Waals surface area contributed by atoms with E-state index in [0.29, 0.717) is 36.2 Å². The van der Waals surface area contributed by atoms with Crippen molar-refractivity contribution in [3.63, 3.8) is 0 Å². The highest BCUT2D eigenvalue weighted by atomic mass is 19.1. The van der Waals surface area contributed by atoms with Crippen LogP contribution in [0.1, 0.15) is 69.6 Å². The van der Waals surface area contributed by atoms with Crippen LogP contribution in [-0.4, -0.2) is 12.9 Å². The molecule has 0 spiro atoms. The molecule has 0 aromatic heterocycles. The van der Waals surface area contributed by atoms with E-state index in [9.17, 15) is 9.18 Å². The van der Waals surface area contributed by atoms with Crippen molar-refractivity contribution in [2.75, 3.05) is 7.11 Å². The summed E-state index contributed by atoms with van der Waals surface area (Å²) in [7, 11) is 1.59. The first-order valence-electron chi connectivity index (χ1n) is 12.3. The number of halogens is 1. The van der Waals surface area contributed by atoms with Crippen LogP contribution < -0.4 is 9.47 Å². The standard InChI is InChI=1S/C31H35FO3/c1-20(33)16-26(22-7-8-22)23-9-11-24(12-10-23)35-19-21-6-14-29(31(2,3)4)27(17-21)28-18-25(34-5)13-15-30(28)32/h6,9-15,17-18,22,26H,7-8,16,19H2,1-5H3/t26-/m1/s1. The Morgan fingerprint density at radius 1 is 0.971 bits per heavy atom. The molecule has 0 radical (unpaired) electrons. The molecule has 0 bridgehead atoms. The number of carbonyl (C=O) groups is 1. The van der Waals surface area contributed by atoms with E-state index in [1.165, 1.54) is 24.5 Å². The summed E-state index contributed by atoms with van der Waals surface area (Å²) in [6, 6.07) is 19.1. The molecule has 1 saturated carbocycles. The van der Waals surface area contributed by atoms with Gasteiger partial charge in [-0.15, -0.1) is 0 Å². The minimum atomic E-state index is -0.277. The summed E-state index contributed by atoms with van der Waals surface area (Å²) >= 11 is 0. The fourth-order valence-corrected chi connectivity index (χ4v) is 4.74. The van der Waals surface area contributed by atoms with Crippen molar-refractivity contribution in [3.05, 3.63) is 83.2 Å². The van der Waals surface area contributed by atoms with Gasteiger partial charge in [-0.1, -0.05) is 45.0 Å². The van der Waals surface area contributed by atoms with Crippen LogP contribution in [0.25, 0.3) is 11.1 Å². The molecule has 0 heterocycles. The van der Waals surface area contributed by atoms with Gasteiger partial charge in [0.15, 0.2) is 0 Å². The fourth-order valence-electron chi connectivity index (χ4n) is 4.74. The lowest BCUT2D eigenvalue weighted by Gasteiger charge is -2.24. The summed E-state index contributed by atoms with van der Waals surface area (Å²) in [5.74, 6) is 2.30. The number of benzene rings is 3. The van der Waals surface area contributed by atoms with Gasteiger partial charge < -0.3 is 14.3 Å². The largest absolute Gasteiger partial charge is 0.497 e. The Kier molecular flexibility index (Phi) is 7.30. The second-order valence-electron chi connectivity index (χ2n) is 10.7. The Balaban J connectivity index is 1.55. The number of Topliss-reactive ketones (excluding diaryl/α,β-unsaturated/α-hetero) is 1. The van der Waals surface area contributed by atoms with Gasteiger partial charge in [-0.2, -0.15) is 0 Å². The van der Waals surface area contributed by atoms with E-state index in [4.69, 9.17) is 9.47 Å². The van der Waals surface area contributed by atoms with E-state index >= 15 is 0 Å². The Morgan fingerprint density at radius 3 is 2.26 bits per heavy atom. The molecular weight excluding hydrogens is 439 g/mol. The van der Waals surface area contributed by atoms with Gasteiger partial charge in [-0.05, 0) is 95.7 Å². The summed E-state index contributed by atoms with van der Waals surface area (Å²) in [4.78, 5) is 11.7. The number of methoxy groups -OCH3 is 1. The maximum absolute atomic E-state index is 14.9. The summed E-state index contributed by atoms with van der Waals surface area (Å²) in [6.07, 6.45) is 3.02. The van der Waals surface area contributed by atoms with Gasteiger partial charge in [-0.25, -0.2) is 4.39 Å². The molecule has 0 aliphatic heterocycles. The summed E-state index contributed by atoms with van der Waals surface area (Å²) < 4.78 is 26.3. The molecular formula is C31H35FO3. The minimum absolute atomic E-state index is 0.155. The highest BCUT2D eigenvalue weighted by Crippen LogP contribution is 2.45. The molecule has 3 nitrogen and oxygen atoms in total. The van der Waals surface area contributed by atoms with E-state index < -0.39 is 0 Å². The van der Waals surface area contributed by atoms with Crippen molar-refractivity contribution in [3.8, 4) is 22.6 Å². The monoisotopic (exact) mass is 474 g/mol. The molecule has 1 atom stereocenters. The normalized spacial score (nSPS) is 14.5. The molecule has 1 fully saturated rings. The molecule has 3 aromatic rings. The van der Waals surface area contributed by atoms with Crippen molar-refractivity contribution >= 4 is 5.78 Å². The van der Waals surface area contributed by atoms with Crippen molar-refractivity contribution in [2.24, 2.45) is 5.92 Å². The maximum Gasteiger partial charge on any atom is 0.131 e. The van der Waals surface area contributed by atoms with E-state index in [2.05, 4.69) is 39.0 Å². The zero-order valence-electron chi connectivity index (χ0n) is 21.4. The summed E-state index contributed by atoms with van der Waals surface area (Å²) in [5, 5.41) is 0. The second-order valence-corrected chi connectivity index (χ2v) is 10.7. The van der Waals surface area contributed by atoms with Gasteiger partial charge in [-0.3, -0.25) is 0 Å². The molecule has 0 amide bonds. The molecule has 4 rings (SSSR count). The third kappa shape index (κ3) is 6.11. The average molecular weight is 475 g/mol. The average Bonchev–Trinajstić information content (AvgIpc) is 3.66. The predicted octanol–water partition coefficient (Wildman–Crippen LogP) is 7.85. The third-order valence-corrected chi connectivity index (χ3v) is 6.77. The lowest BCUT2D eigenvalue weighted by Crippen LogP contribution is -2.13. The van der Waals surface area contributed by atoms with Crippen LogP contribution in [0.3, 0.4) is 0 Å². The molecule has 0 N–H and O–H groups in total. The minimum Gasteiger partial charge on any atom is -0.497 e. The smallest absolute Gasteiger partial charge is 0.131 e. The number of hydrogen-bond acceptors (Lipinski definition) is 3. The Labute approximate surface area is 208 Å². The quantitative estimate of drug-likeness (QED) is 0.317. The van der Waals surface area contributed by atoms with Crippen molar-refractivity contribution in [1.29, 1.82) is 0 Å². The SMILES string of the molecule is COc1ccc(F)c(-c2cc(COc3ccc([C@H](CC(C)=O)C4CC4)cc3)ccc2C(C)(C)C)c1. The Morgan fingerprint density at radius 2 is 1.66 bits per heavy atom. The highest BCUT2D eigenvalue weighted by Gasteiger charge is 2.32. The number of carbonyl (C=O) groups excluding carboxylic acids is 1. The van der Waals surface area contributed by atoms with E-state index in [0.717, 1.165) is 22.4 Å². The van der Waals surface area contributed by atoms with Crippen LogP contribution in [0.5, 0.6) is 11.5 Å². The van der Waals surface area contributed by atoms with Crippen molar-refractivity contribution < 1.29 is 18.7 Å². The van der Waals surface area contributed by atoms with E-state index in [-0.39, 0.29) is 17.0 Å². The van der Waals surface area contributed by atoms with Crippen molar-refractivity contribution in [1.82, 2.24) is 0 Å². The van der Waals surface area contributed by atoms with Gasteiger partial charge >= 0.3 is 0 Å². The van der Waals surface area contributed by atoms with E-state index in [1.54, 1.807) is 26.2 Å². The first-order valence-corrected chi connectivity index (χ1v) is 12.3. The highest BCUT2D eigenvalue weighted by molar-refractivity contribution is 5.76. The van der Waals surface area contributed by atoms with Crippen LogP contribution in [0, 0.1) is 11.7 Å². The molecule has 4 heteroatoms. The zero-order chi connectivity index (χ0) is 25.2. The zero-order valence-corrected chi connectivity index (χ0v) is 21.4. The molecule has 3 aromatic carbocycles. The first kappa shape index (κ1) is 25.0. The topological polar surface area (TPSA) is 35.5 Å². The second kappa shape index (κ2) is 10.2. The fraction of sp³-hybridized carbons (Fsp3) is 0.387. The van der Waals surface area contributed by atoms with Crippen molar-refractivity contribution in [2.45, 2.75) is 64.9 Å². The predicted molar refractivity (Wildman–Crippen MR) is 139 cm³/mol. The van der Waals surface area contributed by atoms with Gasteiger partial charge in [0.05, 0.1) is 7.11 Å². The van der Waals surface area contributed by atoms with Gasteiger partial charge in [0, 0.05) is 12.0 Å². The Hall–Kier alpha value is -3.14. The third-order valence-electron chi connectivity index (χ3n) is 6.77. The first-order chi connectivity index (χ1) is 16.7. The number of ether oxygens (including phenoxy) is 2. The maximum atomic E-state index is 14.9. The molecule has 0 unspecified atom stereocenters. The molecule has 35 heavy (non-hydrogen) atoms. The van der Waals surface area contributed by atoms with E-state index in [1.807, 2.05) is 24.3 Å². The molecule has 0 saturated heterocycles. The number of rotatable bonds is 9. The lowest BCUT2D eigenvalue weighted by molar-refractivity contribution is -0.117. The van der Waals surface area contributed by atoms with Crippen LogP contribution >= 0.6 is 0 Å². The summed E-state index contributed by atoms with van der Waals surface area (Å²) in [5.41, 5.74) is 4.46. The van der Waals surface area contributed by atoms with Gasteiger partial charge in [0.25, 0.3) is 0 Å². The van der Waals surface area contributed by atoms with Gasteiger partial charge in [0.2, 0.25) is 0 Å². The molecule has 184 valence electrons. The van der Waals surface area contributed by atoms with Crippen LogP contribution in [0.15, 0.2) is 60.7 Å². The van der Waals surface area contributed by atoms with Crippen LogP contribution in [0.2, 0.25) is 0 Å². The van der Waals surface area contributed by atoms with Crippen LogP contribution in [0.4, 0.5) is 4.39 Å². The molecule has 1 aliphatic rings. The Bertz CT molecular complexity index is 1190. The number of hydrogen-bond donors (Lipinski definition) is 0. The molecule has 1 aliphatic carbocycles.